The summed E-state index contributed by atoms with van der Waals surface area (Å²) in [6.07, 6.45) is 2.89. The molecule has 2 fully saturated rings. The summed E-state index contributed by atoms with van der Waals surface area (Å²) in [4.78, 5) is 16.4. The molecule has 0 aliphatic carbocycles. The monoisotopic (exact) mass is 257 g/mol. The number of nitrogens with zero attached hydrogens (tertiary/aromatic N) is 2. The molecule has 98 valence electrons. The van der Waals surface area contributed by atoms with Crippen molar-refractivity contribution in [3.05, 3.63) is 0 Å². The van der Waals surface area contributed by atoms with Crippen molar-refractivity contribution < 1.29 is 4.79 Å². The number of hydrogen-bond donors (Lipinski definition) is 1. The topological polar surface area (TPSA) is 49.6 Å². The second kappa shape index (κ2) is 5.16. The Hall–Kier alpha value is -0.260. The van der Waals surface area contributed by atoms with Crippen molar-refractivity contribution >= 4 is 17.7 Å². The molecule has 1 atom stereocenters. The van der Waals surface area contributed by atoms with Gasteiger partial charge < -0.3 is 15.5 Å². The van der Waals surface area contributed by atoms with E-state index in [0.717, 1.165) is 19.6 Å². The maximum absolute atomic E-state index is 12.0. The zero-order valence-electron chi connectivity index (χ0n) is 10.8. The summed E-state index contributed by atoms with van der Waals surface area (Å²) in [6.45, 7) is 5.83. The summed E-state index contributed by atoms with van der Waals surface area (Å²) >= 11 is 1.99. The third-order valence-electron chi connectivity index (χ3n) is 3.89. The Morgan fingerprint density at radius 1 is 1.47 bits per heavy atom. The summed E-state index contributed by atoms with van der Waals surface area (Å²) < 4.78 is 0.316. The van der Waals surface area contributed by atoms with E-state index in [0.29, 0.717) is 23.1 Å². The molecule has 0 aromatic heterocycles. The molecule has 2 N–H and O–H groups in total. The van der Waals surface area contributed by atoms with Crippen LogP contribution >= 0.6 is 11.8 Å². The molecule has 2 rings (SSSR count). The van der Waals surface area contributed by atoms with Gasteiger partial charge in [0.2, 0.25) is 5.91 Å². The smallest absolute Gasteiger partial charge is 0.224 e. The van der Waals surface area contributed by atoms with Crippen LogP contribution in [-0.4, -0.2) is 59.1 Å². The summed E-state index contributed by atoms with van der Waals surface area (Å²) in [7, 11) is 2.17. The SMILES string of the molecule is CC1SC2(CCN(C)CC2)CN1C(=O)CCN. The first-order valence-electron chi connectivity index (χ1n) is 6.42. The lowest BCUT2D eigenvalue weighted by Gasteiger charge is -2.36. The predicted octanol–water partition coefficient (Wildman–Crippen LogP) is 0.721. The average molecular weight is 257 g/mol. The highest BCUT2D eigenvalue weighted by atomic mass is 32.2. The van der Waals surface area contributed by atoms with Crippen molar-refractivity contribution in [1.29, 1.82) is 0 Å². The number of hydrogen-bond acceptors (Lipinski definition) is 4. The highest BCUT2D eigenvalue weighted by Crippen LogP contribution is 2.46. The van der Waals surface area contributed by atoms with Gasteiger partial charge in [0, 0.05) is 24.3 Å². The van der Waals surface area contributed by atoms with Crippen molar-refractivity contribution in [3.63, 3.8) is 0 Å². The Bertz CT molecular complexity index is 289. The quantitative estimate of drug-likeness (QED) is 0.792. The fraction of sp³-hybridized carbons (Fsp3) is 0.917. The number of rotatable bonds is 2. The summed E-state index contributed by atoms with van der Waals surface area (Å²) in [5, 5.41) is 0.317. The van der Waals surface area contributed by atoms with E-state index in [1.54, 1.807) is 0 Å². The van der Waals surface area contributed by atoms with Gasteiger partial charge in [0.05, 0.1) is 5.37 Å². The highest BCUT2D eigenvalue weighted by Gasteiger charge is 2.45. The van der Waals surface area contributed by atoms with Crippen LogP contribution in [0.4, 0.5) is 0 Å². The largest absolute Gasteiger partial charge is 0.330 e. The molecule has 17 heavy (non-hydrogen) atoms. The van der Waals surface area contributed by atoms with E-state index in [1.165, 1.54) is 12.8 Å². The molecule has 0 aromatic carbocycles. The molecule has 0 radical (unpaired) electrons. The van der Waals surface area contributed by atoms with Crippen molar-refractivity contribution in [3.8, 4) is 0 Å². The van der Waals surface area contributed by atoms with Gasteiger partial charge in [0.25, 0.3) is 0 Å². The van der Waals surface area contributed by atoms with Crippen molar-refractivity contribution in [2.75, 3.05) is 33.2 Å². The molecule has 2 aliphatic heterocycles. The van der Waals surface area contributed by atoms with E-state index in [1.807, 2.05) is 16.7 Å². The molecule has 2 saturated heterocycles. The Morgan fingerprint density at radius 3 is 2.71 bits per heavy atom. The molecular weight excluding hydrogens is 234 g/mol. The van der Waals surface area contributed by atoms with Crippen molar-refractivity contribution in [1.82, 2.24) is 9.80 Å². The summed E-state index contributed by atoms with van der Waals surface area (Å²) in [5.74, 6) is 0.225. The molecular formula is C12H23N3OS. The second-order valence-electron chi connectivity index (χ2n) is 5.26. The van der Waals surface area contributed by atoms with Gasteiger partial charge in [0.1, 0.15) is 0 Å². The van der Waals surface area contributed by atoms with Crippen LogP contribution in [0.5, 0.6) is 0 Å². The lowest BCUT2D eigenvalue weighted by atomic mass is 9.95. The molecule has 0 aromatic rings. The van der Waals surface area contributed by atoms with E-state index < -0.39 is 0 Å². The van der Waals surface area contributed by atoms with Gasteiger partial charge in [-0.15, -0.1) is 11.8 Å². The van der Waals surface area contributed by atoms with E-state index in [9.17, 15) is 4.79 Å². The van der Waals surface area contributed by atoms with Crippen LogP contribution in [0.1, 0.15) is 26.2 Å². The fourth-order valence-corrected chi connectivity index (χ4v) is 4.44. The number of thioether (sulfide) groups is 1. The lowest BCUT2D eigenvalue weighted by molar-refractivity contribution is -0.131. The number of carbonyl (C=O) groups is 1. The van der Waals surface area contributed by atoms with Crippen molar-refractivity contribution in [2.24, 2.45) is 5.73 Å². The standard InChI is InChI=1S/C12H23N3OS/c1-10-15(11(16)3-6-13)9-12(17-10)4-7-14(2)8-5-12/h10H,3-9,13H2,1-2H3. The highest BCUT2D eigenvalue weighted by molar-refractivity contribution is 8.01. The number of nitrogens with two attached hydrogens (primary N) is 1. The van der Waals surface area contributed by atoms with Gasteiger partial charge in [-0.3, -0.25) is 4.79 Å². The molecule has 1 unspecified atom stereocenters. The Labute approximate surface area is 108 Å². The normalized spacial score (nSPS) is 28.9. The number of amides is 1. The van der Waals surface area contributed by atoms with Crippen LogP contribution < -0.4 is 5.73 Å². The molecule has 1 spiro atoms. The van der Waals surface area contributed by atoms with Crippen LogP contribution in [0.25, 0.3) is 0 Å². The molecule has 5 heteroatoms. The van der Waals surface area contributed by atoms with Crippen LogP contribution in [0.3, 0.4) is 0 Å². The van der Waals surface area contributed by atoms with Crippen molar-refractivity contribution in [2.45, 2.75) is 36.3 Å². The molecule has 1 amide bonds. The number of piperidine rings is 1. The van der Waals surface area contributed by atoms with E-state index >= 15 is 0 Å². The Morgan fingerprint density at radius 2 is 2.12 bits per heavy atom. The lowest BCUT2D eigenvalue weighted by Crippen LogP contribution is -2.44. The first kappa shape index (κ1) is 13.2. The van der Waals surface area contributed by atoms with E-state index in [-0.39, 0.29) is 5.91 Å². The minimum atomic E-state index is 0.225. The Kier molecular flexibility index (Phi) is 4.00. The van der Waals surface area contributed by atoms with Gasteiger partial charge >= 0.3 is 0 Å². The van der Waals surface area contributed by atoms with Crippen LogP contribution in [0.15, 0.2) is 0 Å². The molecule has 2 aliphatic rings. The predicted molar refractivity (Wildman–Crippen MR) is 71.9 cm³/mol. The van der Waals surface area contributed by atoms with Crippen LogP contribution in [0.2, 0.25) is 0 Å². The summed E-state index contributed by atoms with van der Waals surface area (Å²) in [6, 6.07) is 0. The first-order valence-corrected chi connectivity index (χ1v) is 7.30. The third kappa shape index (κ3) is 2.77. The zero-order valence-corrected chi connectivity index (χ0v) is 11.6. The van der Waals surface area contributed by atoms with Gasteiger partial charge in [-0.1, -0.05) is 0 Å². The van der Waals surface area contributed by atoms with Gasteiger partial charge in [-0.25, -0.2) is 0 Å². The molecule has 0 bridgehead atoms. The van der Waals surface area contributed by atoms with Gasteiger partial charge in [0.15, 0.2) is 0 Å². The third-order valence-corrected chi connectivity index (χ3v) is 5.53. The molecule has 4 nitrogen and oxygen atoms in total. The van der Waals surface area contributed by atoms with E-state index in [2.05, 4.69) is 18.9 Å². The zero-order chi connectivity index (χ0) is 12.5. The average Bonchev–Trinajstić information content (AvgIpc) is 2.61. The van der Waals surface area contributed by atoms with Crippen LogP contribution in [-0.2, 0) is 4.79 Å². The number of likely N-dealkylation sites (tertiary alicyclic amines) is 1. The maximum Gasteiger partial charge on any atom is 0.224 e. The first-order chi connectivity index (χ1) is 8.06. The van der Waals surface area contributed by atoms with Crippen LogP contribution in [0, 0.1) is 0 Å². The van der Waals surface area contributed by atoms with E-state index in [4.69, 9.17) is 5.73 Å². The molecule has 2 heterocycles. The Balaban J connectivity index is 1.98. The summed E-state index contributed by atoms with van der Waals surface area (Å²) in [5.41, 5.74) is 5.47. The maximum atomic E-state index is 12.0. The van der Waals surface area contributed by atoms with Gasteiger partial charge in [-0.05, 0) is 39.9 Å². The minimum Gasteiger partial charge on any atom is -0.330 e. The fourth-order valence-electron chi connectivity index (χ4n) is 2.76. The molecule has 0 saturated carbocycles. The minimum absolute atomic E-state index is 0.225. The number of carbonyl (C=O) groups excluding carboxylic acids is 1. The van der Waals surface area contributed by atoms with Gasteiger partial charge in [-0.2, -0.15) is 0 Å². The second-order valence-corrected chi connectivity index (χ2v) is 7.05.